The lowest BCUT2D eigenvalue weighted by Crippen LogP contribution is -2.57. The molecule has 1 saturated heterocycles. The number of para-hydroxylation sites is 1. The number of rotatable bonds is 3. The van der Waals surface area contributed by atoms with Crippen LogP contribution in [0.25, 0.3) is 5.82 Å². The second-order valence-electron chi connectivity index (χ2n) is 7.75. The van der Waals surface area contributed by atoms with Crippen LogP contribution in [0.1, 0.15) is 17.5 Å². The lowest BCUT2D eigenvalue weighted by molar-refractivity contribution is 0.355. The van der Waals surface area contributed by atoms with E-state index in [1.54, 1.807) is 10.7 Å². The van der Waals surface area contributed by atoms with Gasteiger partial charge in [0.25, 0.3) is 0 Å². The highest BCUT2D eigenvalue weighted by atomic mass is 19.1. The van der Waals surface area contributed by atoms with Gasteiger partial charge in [-0.15, -0.1) is 5.10 Å². The maximum absolute atomic E-state index is 14.2. The van der Waals surface area contributed by atoms with E-state index in [0.717, 1.165) is 36.2 Å². The van der Waals surface area contributed by atoms with Gasteiger partial charge in [-0.3, -0.25) is 0 Å². The molecule has 4 heterocycles. The first-order valence-electron chi connectivity index (χ1n) is 9.70. The molecule has 0 radical (unpaired) electrons. The van der Waals surface area contributed by atoms with Gasteiger partial charge in [-0.2, -0.15) is 4.68 Å². The Morgan fingerprint density at radius 2 is 1.79 bits per heavy atom. The minimum Gasteiger partial charge on any atom is -0.363 e. The largest absolute Gasteiger partial charge is 0.363 e. The third kappa shape index (κ3) is 2.88. The van der Waals surface area contributed by atoms with Crippen LogP contribution in [0, 0.1) is 32.5 Å². The summed E-state index contributed by atoms with van der Waals surface area (Å²) in [5.41, 5.74) is 1.50. The smallest absolute Gasteiger partial charge is 0.161 e. The molecule has 0 amide bonds. The van der Waals surface area contributed by atoms with E-state index in [-0.39, 0.29) is 12.0 Å². The van der Waals surface area contributed by atoms with Crippen molar-refractivity contribution in [3.8, 4) is 5.82 Å². The van der Waals surface area contributed by atoms with E-state index < -0.39 is 0 Å². The Bertz CT molecular complexity index is 1090. The summed E-state index contributed by atoms with van der Waals surface area (Å²) < 4.78 is 16.0. The summed E-state index contributed by atoms with van der Waals surface area (Å²) in [6.07, 6.45) is 0.0702. The molecule has 0 bridgehead atoms. The number of anilines is 3. The molecule has 1 aromatic carbocycles. The maximum atomic E-state index is 14.2. The van der Waals surface area contributed by atoms with Gasteiger partial charge < -0.3 is 15.1 Å². The summed E-state index contributed by atoms with van der Waals surface area (Å²) in [5, 5.41) is 7.89. The quantitative estimate of drug-likeness (QED) is 0.731. The molecule has 1 atom stereocenters. The van der Waals surface area contributed by atoms with Gasteiger partial charge >= 0.3 is 0 Å². The SMILES string of the molecule is Cc1nc(N2CC(C3Nc4cccc(F)c4N3C)C2)cc(-n2nc(C)nc2C)n1. The van der Waals surface area contributed by atoms with Gasteiger partial charge in [0.2, 0.25) is 0 Å². The Kier molecular flexibility index (Phi) is 3.94. The summed E-state index contributed by atoms with van der Waals surface area (Å²) in [4.78, 5) is 17.7. The molecule has 8 nitrogen and oxygen atoms in total. The summed E-state index contributed by atoms with van der Waals surface area (Å²) in [6, 6.07) is 7.12. The number of hydrogen-bond acceptors (Lipinski definition) is 7. The van der Waals surface area contributed by atoms with Crippen molar-refractivity contribution in [2.24, 2.45) is 5.92 Å². The van der Waals surface area contributed by atoms with Gasteiger partial charge in [0, 0.05) is 32.1 Å². The number of halogens is 1. The molecule has 2 aromatic heterocycles. The van der Waals surface area contributed by atoms with Crippen LogP contribution in [0.2, 0.25) is 0 Å². The molecule has 29 heavy (non-hydrogen) atoms. The average molecular weight is 394 g/mol. The zero-order valence-electron chi connectivity index (χ0n) is 16.9. The van der Waals surface area contributed by atoms with Gasteiger partial charge in [0.05, 0.1) is 11.4 Å². The maximum Gasteiger partial charge on any atom is 0.161 e. The predicted molar refractivity (Wildman–Crippen MR) is 109 cm³/mol. The first-order valence-corrected chi connectivity index (χ1v) is 9.70. The third-order valence-corrected chi connectivity index (χ3v) is 5.64. The van der Waals surface area contributed by atoms with Crippen LogP contribution in [-0.2, 0) is 0 Å². The molecule has 9 heteroatoms. The van der Waals surface area contributed by atoms with Crippen molar-refractivity contribution in [2.45, 2.75) is 26.9 Å². The number of aryl methyl sites for hydroxylation is 3. The lowest BCUT2D eigenvalue weighted by atomic mass is 9.96. The van der Waals surface area contributed by atoms with E-state index in [0.29, 0.717) is 23.3 Å². The second kappa shape index (κ2) is 6.40. The summed E-state index contributed by atoms with van der Waals surface area (Å²) in [5.74, 6) is 3.97. The molecular formula is C20H23FN8. The van der Waals surface area contributed by atoms with Crippen molar-refractivity contribution < 1.29 is 4.39 Å². The van der Waals surface area contributed by atoms with Gasteiger partial charge in [0.1, 0.15) is 35.3 Å². The number of nitrogens with zero attached hydrogens (tertiary/aromatic N) is 7. The molecule has 2 aliphatic heterocycles. The number of fused-ring (bicyclic) bond motifs is 1. The van der Waals surface area contributed by atoms with Crippen molar-refractivity contribution in [3.63, 3.8) is 0 Å². The Balaban J connectivity index is 1.34. The highest BCUT2D eigenvalue weighted by Gasteiger charge is 2.41. The topological polar surface area (TPSA) is 75.0 Å². The standard InChI is InChI=1S/C20H23FN8/c1-11-23-17(8-18(24-11)29-13(3)22-12(2)26-29)28-9-14(10-28)20-25-16-7-5-6-15(21)19(16)27(20)4/h5-8,14,20,25H,9-10H2,1-4H3. The Morgan fingerprint density at radius 1 is 1.03 bits per heavy atom. The van der Waals surface area contributed by atoms with Crippen LogP contribution in [0.3, 0.4) is 0 Å². The van der Waals surface area contributed by atoms with Crippen LogP contribution in [0.4, 0.5) is 21.6 Å². The molecule has 1 N–H and O–H groups in total. The Hall–Kier alpha value is -3.23. The molecule has 5 rings (SSSR count). The number of benzene rings is 1. The molecule has 2 aliphatic rings. The Morgan fingerprint density at radius 3 is 2.48 bits per heavy atom. The highest BCUT2D eigenvalue weighted by molar-refractivity contribution is 5.76. The van der Waals surface area contributed by atoms with Crippen molar-refractivity contribution in [1.82, 2.24) is 24.7 Å². The zero-order chi connectivity index (χ0) is 20.3. The van der Waals surface area contributed by atoms with E-state index in [1.165, 1.54) is 6.07 Å². The highest BCUT2D eigenvalue weighted by Crippen LogP contribution is 2.40. The van der Waals surface area contributed by atoms with Crippen molar-refractivity contribution in [1.29, 1.82) is 0 Å². The molecule has 1 unspecified atom stereocenters. The number of hydrogen-bond donors (Lipinski definition) is 1. The van der Waals surface area contributed by atoms with Gasteiger partial charge in [0.15, 0.2) is 5.82 Å². The molecule has 0 saturated carbocycles. The molecular weight excluding hydrogens is 371 g/mol. The van der Waals surface area contributed by atoms with Crippen molar-refractivity contribution in [3.05, 3.63) is 47.6 Å². The summed E-state index contributed by atoms with van der Waals surface area (Å²) in [7, 11) is 1.94. The molecule has 0 spiro atoms. The van der Waals surface area contributed by atoms with E-state index in [9.17, 15) is 4.39 Å². The third-order valence-electron chi connectivity index (χ3n) is 5.64. The Labute approximate surface area is 168 Å². The minimum absolute atomic E-state index is 0.0702. The summed E-state index contributed by atoms with van der Waals surface area (Å²) in [6.45, 7) is 7.33. The van der Waals surface area contributed by atoms with E-state index in [4.69, 9.17) is 0 Å². The summed E-state index contributed by atoms with van der Waals surface area (Å²) >= 11 is 0. The second-order valence-corrected chi connectivity index (χ2v) is 7.75. The molecule has 0 aliphatic carbocycles. The fourth-order valence-electron chi connectivity index (χ4n) is 4.26. The average Bonchev–Trinajstić information content (AvgIpc) is 3.13. The van der Waals surface area contributed by atoms with Crippen LogP contribution in [-0.4, -0.2) is 51.0 Å². The van der Waals surface area contributed by atoms with Crippen molar-refractivity contribution >= 4 is 17.2 Å². The number of nitrogens with one attached hydrogen (secondary N) is 1. The minimum atomic E-state index is -0.189. The van der Waals surface area contributed by atoms with Crippen LogP contribution >= 0.6 is 0 Å². The number of aromatic nitrogens is 5. The van der Waals surface area contributed by atoms with Crippen LogP contribution in [0.15, 0.2) is 24.3 Å². The van der Waals surface area contributed by atoms with E-state index in [1.807, 2.05) is 44.9 Å². The molecule has 150 valence electrons. The van der Waals surface area contributed by atoms with Gasteiger partial charge in [-0.1, -0.05) is 6.07 Å². The van der Waals surface area contributed by atoms with Crippen LogP contribution < -0.4 is 15.1 Å². The fourth-order valence-corrected chi connectivity index (χ4v) is 4.26. The van der Waals surface area contributed by atoms with Gasteiger partial charge in [-0.05, 0) is 32.9 Å². The van der Waals surface area contributed by atoms with Crippen LogP contribution in [0.5, 0.6) is 0 Å². The predicted octanol–water partition coefficient (Wildman–Crippen LogP) is 2.45. The lowest BCUT2D eigenvalue weighted by Gasteiger charge is -2.45. The normalized spacial score (nSPS) is 18.6. The van der Waals surface area contributed by atoms with Gasteiger partial charge in [-0.25, -0.2) is 19.3 Å². The monoisotopic (exact) mass is 394 g/mol. The van der Waals surface area contributed by atoms with E-state index >= 15 is 0 Å². The fraction of sp³-hybridized carbons (Fsp3) is 0.400. The molecule has 3 aromatic rings. The zero-order valence-corrected chi connectivity index (χ0v) is 16.9. The van der Waals surface area contributed by atoms with Crippen molar-refractivity contribution in [2.75, 3.05) is 35.3 Å². The van der Waals surface area contributed by atoms with E-state index in [2.05, 4.69) is 30.3 Å². The first-order chi connectivity index (χ1) is 13.9. The molecule has 1 fully saturated rings. The first kappa shape index (κ1) is 17.8.